The quantitative estimate of drug-likeness (QED) is 0.152. The monoisotopic (exact) mass is 494 g/mol. The number of azide groups is 1. The number of nitrogens with zero attached hydrogens (tertiary/aromatic N) is 7. The molecule has 6 rings (SSSR count). The molecule has 1 N–H and O–H groups in total. The highest BCUT2D eigenvalue weighted by Gasteiger charge is 2.37. The number of pyridine rings is 2. The maximum Gasteiger partial charge on any atom is 0.340 e. The van der Waals surface area contributed by atoms with Crippen molar-refractivity contribution in [2.45, 2.75) is 57.2 Å². The van der Waals surface area contributed by atoms with Crippen LogP contribution < -0.4 is 5.32 Å². The molecule has 2 aliphatic rings. The summed E-state index contributed by atoms with van der Waals surface area (Å²) in [6, 6.07) is 15.4. The van der Waals surface area contributed by atoms with E-state index < -0.39 is 11.1 Å². The van der Waals surface area contributed by atoms with E-state index >= 15 is 0 Å². The summed E-state index contributed by atoms with van der Waals surface area (Å²) in [5, 5.41) is 13.3. The van der Waals surface area contributed by atoms with Crippen LogP contribution in [0.3, 0.4) is 0 Å². The minimum atomic E-state index is -1.01. The van der Waals surface area contributed by atoms with E-state index in [0.717, 1.165) is 29.3 Å². The van der Waals surface area contributed by atoms with Crippen LogP contribution in [-0.4, -0.2) is 31.3 Å². The predicted octanol–water partition coefficient (Wildman–Crippen LogP) is 5.97. The zero-order valence-electron chi connectivity index (χ0n) is 20.8. The van der Waals surface area contributed by atoms with Crippen molar-refractivity contribution in [2.75, 3.05) is 5.32 Å². The second kappa shape index (κ2) is 8.31. The van der Waals surface area contributed by atoms with Gasteiger partial charge in [0.1, 0.15) is 22.8 Å². The molecule has 3 aromatic heterocycles. The molecule has 186 valence electrons. The minimum absolute atomic E-state index is 0.313. The zero-order valence-corrected chi connectivity index (χ0v) is 20.8. The van der Waals surface area contributed by atoms with Crippen LogP contribution >= 0.6 is 0 Å². The van der Waals surface area contributed by atoms with E-state index in [0.29, 0.717) is 41.0 Å². The molecule has 1 atom stereocenters. The zero-order chi connectivity index (χ0) is 25.8. The van der Waals surface area contributed by atoms with E-state index in [-0.39, 0.29) is 5.97 Å². The number of benzene rings is 1. The van der Waals surface area contributed by atoms with E-state index in [4.69, 9.17) is 9.84 Å². The third kappa shape index (κ3) is 4.05. The van der Waals surface area contributed by atoms with E-state index in [1.54, 1.807) is 18.3 Å². The van der Waals surface area contributed by atoms with Crippen molar-refractivity contribution >= 4 is 28.5 Å². The van der Waals surface area contributed by atoms with Crippen molar-refractivity contribution in [3.05, 3.63) is 87.7 Å². The molecule has 1 aliphatic carbocycles. The van der Waals surface area contributed by atoms with E-state index in [9.17, 15) is 10.3 Å². The number of rotatable bonds is 6. The summed E-state index contributed by atoms with van der Waals surface area (Å²) in [5.74, 6) is 0.791. The summed E-state index contributed by atoms with van der Waals surface area (Å²) in [6.07, 6.45) is 4.43. The van der Waals surface area contributed by atoms with Gasteiger partial charge in [-0.2, -0.15) is 5.10 Å². The highest BCUT2D eigenvalue weighted by molar-refractivity contribution is 5.92. The van der Waals surface area contributed by atoms with Gasteiger partial charge in [-0.25, -0.2) is 14.8 Å². The third-order valence-electron chi connectivity index (χ3n) is 6.94. The summed E-state index contributed by atoms with van der Waals surface area (Å²) < 4.78 is 7.48. The van der Waals surface area contributed by atoms with Crippen LogP contribution in [0.5, 0.6) is 0 Å². The Kier molecular flexibility index (Phi) is 5.17. The number of anilines is 2. The molecule has 4 heterocycles. The highest BCUT2D eigenvalue weighted by Crippen LogP contribution is 2.42. The van der Waals surface area contributed by atoms with Gasteiger partial charge in [0.2, 0.25) is 0 Å². The summed E-state index contributed by atoms with van der Waals surface area (Å²) in [7, 11) is 0. The number of aromatic nitrogens is 4. The van der Waals surface area contributed by atoms with Gasteiger partial charge in [-0.15, -0.1) is 0 Å². The Morgan fingerprint density at radius 3 is 2.70 bits per heavy atom. The Morgan fingerprint density at radius 2 is 1.97 bits per heavy atom. The molecule has 37 heavy (non-hydrogen) atoms. The lowest BCUT2D eigenvalue weighted by Gasteiger charge is -2.30. The van der Waals surface area contributed by atoms with Crippen molar-refractivity contribution in [2.24, 2.45) is 5.11 Å². The largest absolute Gasteiger partial charge is 0.456 e. The van der Waals surface area contributed by atoms with Crippen molar-refractivity contribution in [1.82, 2.24) is 19.7 Å². The molecule has 4 aromatic rings. The third-order valence-corrected chi connectivity index (χ3v) is 6.94. The van der Waals surface area contributed by atoms with Crippen LogP contribution in [-0.2, 0) is 16.7 Å². The van der Waals surface area contributed by atoms with Gasteiger partial charge < -0.3 is 10.1 Å². The summed E-state index contributed by atoms with van der Waals surface area (Å²) in [4.78, 5) is 24.8. The van der Waals surface area contributed by atoms with Crippen LogP contribution in [0.25, 0.3) is 21.3 Å². The highest BCUT2D eigenvalue weighted by atomic mass is 16.6. The fourth-order valence-corrected chi connectivity index (χ4v) is 4.92. The lowest BCUT2D eigenvalue weighted by atomic mass is 9.88. The van der Waals surface area contributed by atoms with Gasteiger partial charge >= 0.3 is 5.97 Å². The van der Waals surface area contributed by atoms with Crippen molar-refractivity contribution < 1.29 is 9.53 Å². The minimum Gasteiger partial charge on any atom is -0.456 e. The standard InChI is InChI=1S/C27H26N8O2/c1-26(2)14-20-18(25(36)37-26)11-12-22(30-20)31-23-13-19-21(15-29-23)35(17-9-10-17)32-24(19)27(3,33-34-28)16-7-5-4-6-8-16/h4-8,11-13,15,17H,9-10,14H2,1-3H3,(H,29,30,31). The van der Waals surface area contributed by atoms with Crippen LogP contribution in [0, 0.1) is 0 Å². The SMILES string of the molecule is CC1(C)Cc2nc(Nc3cc4c(C(C)(N=[N+]=[N-])c5ccccc5)nn(C5CC5)c4cn3)ccc2C(=O)O1. The molecule has 0 amide bonds. The van der Waals surface area contributed by atoms with Gasteiger partial charge in [0.25, 0.3) is 0 Å². The molecule has 0 bridgehead atoms. The van der Waals surface area contributed by atoms with Gasteiger partial charge in [0, 0.05) is 16.7 Å². The maximum atomic E-state index is 12.3. The first-order valence-electron chi connectivity index (χ1n) is 12.3. The molecule has 0 spiro atoms. The number of hydrogen-bond donors (Lipinski definition) is 1. The number of cyclic esters (lactones) is 1. The van der Waals surface area contributed by atoms with Crippen LogP contribution in [0.4, 0.5) is 11.6 Å². The first-order chi connectivity index (χ1) is 17.8. The molecule has 1 aliphatic heterocycles. The Bertz CT molecular complexity index is 1590. The summed E-state index contributed by atoms with van der Waals surface area (Å²) in [6.45, 7) is 5.63. The fourth-order valence-electron chi connectivity index (χ4n) is 4.92. The molecule has 10 nitrogen and oxygen atoms in total. The Morgan fingerprint density at radius 1 is 1.19 bits per heavy atom. The van der Waals surface area contributed by atoms with Crippen LogP contribution in [0.2, 0.25) is 0 Å². The summed E-state index contributed by atoms with van der Waals surface area (Å²) >= 11 is 0. The second-order valence-electron chi connectivity index (χ2n) is 10.4. The average molecular weight is 495 g/mol. The lowest BCUT2D eigenvalue weighted by molar-refractivity contribution is -0.00714. The van der Waals surface area contributed by atoms with Crippen molar-refractivity contribution in [1.29, 1.82) is 0 Å². The summed E-state index contributed by atoms with van der Waals surface area (Å²) in [5.41, 5.74) is 11.5. The number of nitrogens with one attached hydrogen (secondary N) is 1. The van der Waals surface area contributed by atoms with E-state index in [1.807, 2.05) is 61.9 Å². The Balaban J connectivity index is 1.44. The number of fused-ring (bicyclic) bond motifs is 2. The maximum absolute atomic E-state index is 12.3. The van der Waals surface area contributed by atoms with E-state index in [1.165, 1.54) is 0 Å². The Labute approximate surface area is 213 Å². The predicted molar refractivity (Wildman–Crippen MR) is 139 cm³/mol. The molecule has 10 heteroatoms. The molecule has 1 aromatic carbocycles. The van der Waals surface area contributed by atoms with Gasteiger partial charge in [-0.1, -0.05) is 35.4 Å². The molecule has 1 saturated carbocycles. The van der Waals surface area contributed by atoms with E-state index in [2.05, 4.69) is 25.3 Å². The van der Waals surface area contributed by atoms with Gasteiger partial charge in [-0.05, 0) is 62.9 Å². The molecule has 1 unspecified atom stereocenters. The Hall–Kier alpha value is -4.43. The second-order valence-corrected chi connectivity index (χ2v) is 10.4. The number of ether oxygens (including phenoxy) is 1. The number of carbonyl (C=O) groups excluding carboxylic acids is 1. The molecular formula is C27H26N8O2. The first kappa shape index (κ1) is 23.0. The van der Waals surface area contributed by atoms with Gasteiger partial charge in [0.05, 0.1) is 34.7 Å². The molecule has 1 fully saturated rings. The number of esters is 1. The average Bonchev–Trinajstić information content (AvgIpc) is 3.64. The lowest BCUT2D eigenvalue weighted by Crippen LogP contribution is -2.36. The van der Waals surface area contributed by atoms with Gasteiger partial charge in [-0.3, -0.25) is 4.68 Å². The number of carbonyl (C=O) groups is 1. The first-order valence-corrected chi connectivity index (χ1v) is 12.3. The molecule has 0 saturated heterocycles. The number of hydrogen-bond acceptors (Lipinski definition) is 7. The fraction of sp³-hybridized carbons (Fsp3) is 0.333. The van der Waals surface area contributed by atoms with Crippen molar-refractivity contribution in [3.63, 3.8) is 0 Å². The van der Waals surface area contributed by atoms with Crippen LogP contribution in [0.15, 0.2) is 59.8 Å². The van der Waals surface area contributed by atoms with Gasteiger partial charge in [0.15, 0.2) is 0 Å². The topological polar surface area (TPSA) is 131 Å². The smallest absolute Gasteiger partial charge is 0.340 e. The molecule has 0 radical (unpaired) electrons. The van der Waals surface area contributed by atoms with Crippen molar-refractivity contribution in [3.8, 4) is 0 Å². The molecular weight excluding hydrogens is 468 g/mol. The van der Waals surface area contributed by atoms with Crippen LogP contribution in [0.1, 0.15) is 67.0 Å². The normalized spacial score (nSPS) is 17.9.